The van der Waals surface area contributed by atoms with E-state index in [-0.39, 0.29) is 0 Å². The number of aliphatic hydroxyl groups excluding tert-OH is 1. The van der Waals surface area contributed by atoms with E-state index in [4.69, 9.17) is 0 Å². The van der Waals surface area contributed by atoms with E-state index < -0.39 is 6.10 Å². The Labute approximate surface area is 120 Å². The number of nitrogens with zero attached hydrogens (tertiary/aromatic N) is 1. The van der Waals surface area contributed by atoms with Crippen molar-refractivity contribution >= 4 is 10.9 Å². The van der Waals surface area contributed by atoms with Gasteiger partial charge in [0.1, 0.15) is 0 Å². The molecule has 0 saturated carbocycles. The van der Waals surface area contributed by atoms with Crippen molar-refractivity contribution in [3.8, 4) is 0 Å². The molecule has 1 atom stereocenters. The highest BCUT2D eigenvalue weighted by Crippen LogP contribution is 2.29. The number of fused-ring (bicyclic) bond motifs is 1. The Kier molecular flexibility index (Phi) is 3.81. The van der Waals surface area contributed by atoms with Crippen LogP contribution in [0, 0.1) is 13.8 Å². The first-order valence-corrected chi connectivity index (χ1v) is 7.64. The van der Waals surface area contributed by atoms with Gasteiger partial charge >= 0.3 is 0 Å². The van der Waals surface area contributed by atoms with E-state index in [1.165, 1.54) is 30.2 Å². The van der Waals surface area contributed by atoms with Crippen LogP contribution in [0.4, 0.5) is 0 Å². The third-order valence-electron chi connectivity index (χ3n) is 4.40. The van der Waals surface area contributed by atoms with Crippen molar-refractivity contribution in [3.05, 3.63) is 35.0 Å². The summed E-state index contributed by atoms with van der Waals surface area (Å²) in [6.45, 7) is 7.16. The molecule has 3 rings (SSSR count). The highest BCUT2D eigenvalue weighted by atomic mass is 16.3. The molecule has 0 spiro atoms. The van der Waals surface area contributed by atoms with Gasteiger partial charge in [-0.25, -0.2) is 0 Å². The molecule has 0 amide bonds. The molecule has 0 radical (unpaired) electrons. The summed E-state index contributed by atoms with van der Waals surface area (Å²) < 4.78 is 0. The molecule has 1 fully saturated rings. The summed E-state index contributed by atoms with van der Waals surface area (Å²) in [5.74, 6) is 0. The fourth-order valence-electron chi connectivity index (χ4n) is 3.37. The quantitative estimate of drug-likeness (QED) is 0.900. The zero-order valence-electron chi connectivity index (χ0n) is 12.4. The summed E-state index contributed by atoms with van der Waals surface area (Å²) in [7, 11) is 0. The minimum atomic E-state index is -0.399. The standard InChI is InChI=1S/C17H24N2O/c1-12-6-7-15-14(10-12)17(13(2)18-15)16(20)11-19-8-4-3-5-9-19/h6-7,10,16,18,20H,3-5,8-9,11H2,1-2H3/t16-/m1/s1. The summed E-state index contributed by atoms with van der Waals surface area (Å²) in [6, 6.07) is 6.39. The van der Waals surface area contributed by atoms with Gasteiger partial charge in [-0.3, -0.25) is 0 Å². The van der Waals surface area contributed by atoms with Gasteiger partial charge < -0.3 is 15.0 Å². The highest BCUT2D eigenvalue weighted by Gasteiger charge is 2.20. The smallest absolute Gasteiger partial charge is 0.0940 e. The summed E-state index contributed by atoms with van der Waals surface area (Å²) in [6.07, 6.45) is 3.46. The molecule has 1 aromatic carbocycles. The van der Waals surface area contributed by atoms with Crippen LogP contribution in [0.25, 0.3) is 10.9 Å². The molecule has 0 aliphatic carbocycles. The Morgan fingerprint density at radius 1 is 1.20 bits per heavy atom. The summed E-state index contributed by atoms with van der Waals surface area (Å²) in [4.78, 5) is 5.79. The second-order valence-corrected chi connectivity index (χ2v) is 6.09. The number of likely N-dealkylation sites (tertiary alicyclic amines) is 1. The lowest BCUT2D eigenvalue weighted by molar-refractivity contribution is 0.102. The van der Waals surface area contributed by atoms with Crippen LogP contribution in [0.1, 0.15) is 42.2 Å². The van der Waals surface area contributed by atoms with Crippen LogP contribution in [0.5, 0.6) is 0 Å². The average Bonchev–Trinajstić information content (AvgIpc) is 2.75. The maximum atomic E-state index is 10.7. The number of rotatable bonds is 3. The third-order valence-corrected chi connectivity index (χ3v) is 4.40. The van der Waals surface area contributed by atoms with Gasteiger partial charge in [-0.15, -0.1) is 0 Å². The fraction of sp³-hybridized carbons (Fsp3) is 0.529. The zero-order valence-corrected chi connectivity index (χ0v) is 12.4. The maximum Gasteiger partial charge on any atom is 0.0940 e. The number of aryl methyl sites for hydroxylation is 2. The minimum Gasteiger partial charge on any atom is -0.387 e. The van der Waals surface area contributed by atoms with Crippen LogP contribution in [-0.2, 0) is 0 Å². The SMILES string of the molecule is Cc1ccc2[nH]c(C)c([C@H](O)CN3CCCCC3)c2c1. The Morgan fingerprint density at radius 3 is 2.70 bits per heavy atom. The number of hydrogen-bond donors (Lipinski definition) is 2. The van der Waals surface area contributed by atoms with Gasteiger partial charge in [0.15, 0.2) is 0 Å². The third kappa shape index (κ3) is 2.60. The largest absolute Gasteiger partial charge is 0.387 e. The number of β-amino-alcohol motifs (C(OH)–C–C–N with tert-alkyl or cyclic N) is 1. The molecule has 108 valence electrons. The molecule has 1 aliphatic rings. The molecular weight excluding hydrogens is 248 g/mol. The normalized spacial score (nSPS) is 18.6. The van der Waals surface area contributed by atoms with Crippen LogP contribution >= 0.6 is 0 Å². The van der Waals surface area contributed by atoms with Crippen molar-refractivity contribution in [2.45, 2.75) is 39.2 Å². The number of nitrogens with one attached hydrogen (secondary N) is 1. The molecule has 2 heterocycles. The van der Waals surface area contributed by atoms with Crippen LogP contribution in [0.3, 0.4) is 0 Å². The van der Waals surface area contributed by atoms with E-state index in [0.29, 0.717) is 0 Å². The number of hydrogen-bond acceptors (Lipinski definition) is 2. The Bertz CT molecular complexity index is 596. The molecule has 1 aliphatic heterocycles. The van der Waals surface area contributed by atoms with Crippen LogP contribution in [0.15, 0.2) is 18.2 Å². The molecule has 2 N–H and O–H groups in total. The highest BCUT2D eigenvalue weighted by molar-refractivity contribution is 5.85. The fourth-order valence-corrected chi connectivity index (χ4v) is 3.37. The van der Waals surface area contributed by atoms with Crippen molar-refractivity contribution in [2.24, 2.45) is 0 Å². The molecule has 3 heteroatoms. The minimum absolute atomic E-state index is 0.399. The number of aromatic amines is 1. The van der Waals surface area contributed by atoms with Crippen LogP contribution in [-0.4, -0.2) is 34.6 Å². The van der Waals surface area contributed by atoms with E-state index in [1.54, 1.807) is 0 Å². The first-order valence-electron chi connectivity index (χ1n) is 7.64. The van der Waals surface area contributed by atoms with E-state index >= 15 is 0 Å². The van der Waals surface area contributed by atoms with Gasteiger partial charge in [0.2, 0.25) is 0 Å². The predicted molar refractivity (Wildman–Crippen MR) is 83.0 cm³/mol. The summed E-state index contributed by atoms with van der Waals surface area (Å²) in [5.41, 5.74) is 4.54. The second kappa shape index (κ2) is 5.58. The predicted octanol–water partition coefficient (Wildman–Crippen LogP) is 3.30. The lowest BCUT2D eigenvalue weighted by Crippen LogP contribution is -2.33. The first-order chi connectivity index (χ1) is 9.65. The molecule has 1 aromatic heterocycles. The van der Waals surface area contributed by atoms with E-state index in [0.717, 1.165) is 36.4 Å². The molecule has 1 saturated heterocycles. The summed E-state index contributed by atoms with van der Waals surface area (Å²) in [5, 5.41) is 11.8. The van der Waals surface area contributed by atoms with Gasteiger partial charge in [0.05, 0.1) is 6.10 Å². The van der Waals surface area contributed by atoms with Crippen molar-refractivity contribution in [2.75, 3.05) is 19.6 Å². The van der Waals surface area contributed by atoms with E-state index in [9.17, 15) is 5.11 Å². The Morgan fingerprint density at radius 2 is 1.95 bits per heavy atom. The van der Waals surface area contributed by atoms with E-state index in [2.05, 4.69) is 41.9 Å². The van der Waals surface area contributed by atoms with Crippen molar-refractivity contribution < 1.29 is 5.11 Å². The topological polar surface area (TPSA) is 39.3 Å². The first kappa shape index (κ1) is 13.7. The second-order valence-electron chi connectivity index (χ2n) is 6.09. The lowest BCUT2D eigenvalue weighted by atomic mass is 10.0. The Hall–Kier alpha value is -1.32. The molecule has 3 nitrogen and oxygen atoms in total. The average molecular weight is 272 g/mol. The number of aromatic nitrogens is 1. The van der Waals surface area contributed by atoms with Crippen LogP contribution < -0.4 is 0 Å². The van der Waals surface area contributed by atoms with Gasteiger partial charge in [-0.2, -0.15) is 0 Å². The number of aliphatic hydroxyl groups is 1. The van der Waals surface area contributed by atoms with Crippen molar-refractivity contribution in [1.82, 2.24) is 9.88 Å². The number of benzene rings is 1. The van der Waals surface area contributed by atoms with Crippen molar-refractivity contribution in [3.63, 3.8) is 0 Å². The molecular formula is C17H24N2O. The van der Waals surface area contributed by atoms with Gasteiger partial charge in [0, 0.05) is 28.7 Å². The van der Waals surface area contributed by atoms with Crippen LogP contribution in [0.2, 0.25) is 0 Å². The molecule has 0 unspecified atom stereocenters. The van der Waals surface area contributed by atoms with Gasteiger partial charge in [0.25, 0.3) is 0 Å². The van der Waals surface area contributed by atoms with Gasteiger partial charge in [-0.05, 0) is 51.9 Å². The molecule has 2 aromatic rings. The monoisotopic (exact) mass is 272 g/mol. The van der Waals surface area contributed by atoms with Gasteiger partial charge in [-0.1, -0.05) is 18.1 Å². The number of H-pyrrole nitrogens is 1. The lowest BCUT2D eigenvalue weighted by Gasteiger charge is -2.28. The maximum absolute atomic E-state index is 10.7. The van der Waals surface area contributed by atoms with E-state index in [1.807, 2.05) is 0 Å². The molecule has 20 heavy (non-hydrogen) atoms. The molecule has 0 bridgehead atoms. The van der Waals surface area contributed by atoms with Crippen molar-refractivity contribution in [1.29, 1.82) is 0 Å². The number of piperidine rings is 1. The zero-order chi connectivity index (χ0) is 14.1. The summed E-state index contributed by atoms with van der Waals surface area (Å²) >= 11 is 0. The Balaban J connectivity index is 1.88.